The van der Waals surface area contributed by atoms with E-state index in [1.807, 2.05) is 18.2 Å². The molecule has 1 unspecified atom stereocenters. The maximum absolute atomic E-state index is 16.8. The fourth-order valence-corrected chi connectivity index (χ4v) is 8.54. The van der Waals surface area contributed by atoms with Crippen LogP contribution in [-0.2, 0) is 6.42 Å². The van der Waals surface area contributed by atoms with Gasteiger partial charge in [0.25, 0.3) is 0 Å². The number of phenolic OH excluding ortho intramolecular Hbond substituents is 1. The van der Waals surface area contributed by atoms with Crippen LogP contribution in [0.2, 0.25) is 0 Å². The van der Waals surface area contributed by atoms with E-state index >= 15 is 4.39 Å². The van der Waals surface area contributed by atoms with Crippen molar-refractivity contribution in [2.45, 2.75) is 63.6 Å². The minimum absolute atomic E-state index is 0.0520. The second-order valence-electron chi connectivity index (χ2n) is 13.1. The number of hydrogen-bond acceptors (Lipinski definition) is 7. The molecule has 0 spiro atoms. The van der Waals surface area contributed by atoms with Crippen LogP contribution >= 0.6 is 0 Å². The summed E-state index contributed by atoms with van der Waals surface area (Å²) < 4.78 is 37.5. The lowest BCUT2D eigenvalue weighted by Crippen LogP contribution is -2.43. The Hall–Kier alpha value is -3.59. The zero-order valence-electron chi connectivity index (χ0n) is 24.5. The number of aromatic nitrogens is 3. The quantitative estimate of drug-likeness (QED) is 0.279. The van der Waals surface area contributed by atoms with Gasteiger partial charge in [-0.3, -0.25) is 9.88 Å². The lowest BCUT2D eigenvalue weighted by atomic mass is 9.95. The van der Waals surface area contributed by atoms with E-state index in [4.69, 9.17) is 9.72 Å². The van der Waals surface area contributed by atoms with Crippen molar-refractivity contribution in [3.63, 3.8) is 0 Å². The van der Waals surface area contributed by atoms with Gasteiger partial charge in [-0.15, -0.1) is 0 Å². The average Bonchev–Trinajstić information content (AvgIpc) is 3.76. The Morgan fingerprint density at radius 3 is 2.74 bits per heavy atom. The van der Waals surface area contributed by atoms with Gasteiger partial charge >= 0.3 is 6.01 Å². The van der Waals surface area contributed by atoms with Crippen molar-refractivity contribution in [2.24, 2.45) is 11.8 Å². The van der Waals surface area contributed by atoms with Crippen LogP contribution in [0.25, 0.3) is 32.9 Å². The third kappa shape index (κ3) is 4.41. The van der Waals surface area contributed by atoms with Gasteiger partial charge in [0.05, 0.1) is 10.9 Å². The Morgan fingerprint density at radius 2 is 1.93 bits per heavy atom. The number of phenols is 1. The van der Waals surface area contributed by atoms with E-state index in [1.165, 1.54) is 19.3 Å². The molecule has 0 amide bonds. The summed E-state index contributed by atoms with van der Waals surface area (Å²) in [5, 5.41) is 12.8. The maximum Gasteiger partial charge on any atom is 0.319 e. The van der Waals surface area contributed by atoms with Gasteiger partial charge < -0.3 is 14.7 Å². The fraction of sp³-hybridized carbons (Fsp3) is 0.500. The first-order valence-electron chi connectivity index (χ1n) is 15.8. The third-order valence-electron chi connectivity index (χ3n) is 10.6. The molecule has 8 rings (SSSR count). The van der Waals surface area contributed by atoms with Gasteiger partial charge in [0.1, 0.15) is 35.6 Å². The van der Waals surface area contributed by atoms with E-state index in [0.29, 0.717) is 41.6 Å². The smallest absolute Gasteiger partial charge is 0.319 e. The Kier molecular flexibility index (Phi) is 6.44. The van der Waals surface area contributed by atoms with Crippen LogP contribution in [0, 0.1) is 17.7 Å². The summed E-state index contributed by atoms with van der Waals surface area (Å²) in [5.41, 5.74) is 1.52. The number of anilines is 1. The number of ether oxygens (including phenoxy) is 1. The predicted molar refractivity (Wildman–Crippen MR) is 163 cm³/mol. The zero-order chi connectivity index (χ0) is 29.3. The number of rotatable bonds is 6. The molecular formula is C34H37F2N5O2. The SMILES string of the molecule is CCc1cccc2cc(O)cc(-c3ncc4c(N5C[C@H]6CCC[C@H]6C5)nc(OC[C@@]56CCCN5CC(F)C6)nc4c3F)c12. The number of alkyl halides is 1. The van der Waals surface area contributed by atoms with E-state index in [0.717, 1.165) is 55.2 Å². The van der Waals surface area contributed by atoms with E-state index in [2.05, 4.69) is 26.7 Å². The van der Waals surface area contributed by atoms with Gasteiger partial charge in [-0.2, -0.15) is 9.97 Å². The zero-order valence-corrected chi connectivity index (χ0v) is 24.5. The number of benzene rings is 2. The maximum atomic E-state index is 16.8. The van der Waals surface area contributed by atoms with Crippen LogP contribution in [0.4, 0.5) is 14.6 Å². The Balaban J connectivity index is 1.25. The van der Waals surface area contributed by atoms with Crippen molar-refractivity contribution in [1.82, 2.24) is 19.9 Å². The number of pyridine rings is 1. The van der Waals surface area contributed by atoms with Gasteiger partial charge in [-0.25, -0.2) is 8.78 Å². The molecule has 0 bridgehead atoms. The van der Waals surface area contributed by atoms with Crippen LogP contribution in [0.15, 0.2) is 36.5 Å². The molecule has 43 heavy (non-hydrogen) atoms. The van der Waals surface area contributed by atoms with Gasteiger partial charge in [-0.05, 0) is 79.0 Å². The van der Waals surface area contributed by atoms with Crippen molar-refractivity contribution >= 4 is 27.5 Å². The summed E-state index contributed by atoms with van der Waals surface area (Å²) in [7, 11) is 0. The molecule has 0 radical (unpaired) electrons. The van der Waals surface area contributed by atoms with Crippen molar-refractivity contribution in [2.75, 3.05) is 37.7 Å². The van der Waals surface area contributed by atoms with Gasteiger partial charge in [0.15, 0.2) is 5.82 Å². The van der Waals surface area contributed by atoms with Crippen LogP contribution in [0.1, 0.15) is 51.0 Å². The Labute approximate surface area is 249 Å². The van der Waals surface area contributed by atoms with E-state index in [-0.39, 0.29) is 35.1 Å². The third-order valence-corrected chi connectivity index (χ3v) is 10.6. The summed E-state index contributed by atoms with van der Waals surface area (Å²) in [6.07, 6.45) is 7.56. The second-order valence-corrected chi connectivity index (χ2v) is 13.1. The summed E-state index contributed by atoms with van der Waals surface area (Å²) in [6, 6.07) is 9.29. The number of aryl methyl sites for hydroxylation is 1. The van der Waals surface area contributed by atoms with E-state index in [9.17, 15) is 9.50 Å². The average molecular weight is 586 g/mol. The second kappa shape index (κ2) is 10.3. The van der Waals surface area contributed by atoms with E-state index < -0.39 is 12.0 Å². The van der Waals surface area contributed by atoms with Gasteiger partial charge in [0, 0.05) is 37.8 Å². The summed E-state index contributed by atoms with van der Waals surface area (Å²) in [6.45, 7) is 5.39. The molecule has 4 fully saturated rings. The Bertz CT molecular complexity index is 1720. The fourth-order valence-electron chi connectivity index (χ4n) is 8.54. The lowest BCUT2D eigenvalue weighted by molar-refractivity contribution is 0.107. The number of nitrogens with zero attached hydrogens (tertiary/aromatic N) is 5. The number of aromatic hydroxyl groups is 1. The molecule has 7 nitrogen and oxygen atoms in total. The lowest BCUT2D eigenvalue weighted by Gasteiger charge is -2.31. The number of halogens is 2. The first-order valence-corrected chi connectivity index (χ1v) is 15.8. The van der Waals surface area contributed by atoms with Crippen LogP contribution < -0.4 is 9.64 Å². The number of fused-ring (bicyclic) bond motifs is 4. The molecule has 1 aliphatic carbocycles. The van der Waals surface area contributed by atoms with Crippen molar-refractivity contribution in [3.8, 4) is 23.0 Å². The monoisotopic (exact) mass is 585 g/mol. The first kappa shape index (κ1) is 27.0. The van der Waals surface area contributed by atoms with Crippen molar-refractivity contribution < 1.29 is 18.6 Å². The highest BCUT2D eigenvalue weighted by molar-refractivity contribution is 6.01. The molecule has 5 heterocycles. The molecule has 2 aromatic carbocycles. The first-order chi connectivity index (χ1) is 20.9. The molecule has 1 N–H and O–H groups in total. The molecule has 224 valence electrons. The molecule has 9 heteroatoms. The standard InChI is InChI=1S/C34H37F2N5O2/c1-2-20-6-3-7-21-12-25(42)13-26(28(20)21)30-29(36)31-27(15-37-30)32(40-16-22-8-4-9-23(22)17-40)39-33(38-31)43-19-34-10-5-11-41(34)18-24(35)14-34/h3,6-7,12-13,15,22-24,42H,2,4-5,8-11,14,16-19H2,1H3/t22-,23+,24?,34-/m0/s1. The van der Waals surface area contributed by atoms with Gasteiger partial charge in [0.2, 0.25) is 0 Å². The van der Waals surface area contributed by atoms with Crippen LogP contribution in [0.5, 0.6) is 11.8 Å². The number of hydrogen-bond donors (Lipinski definition) is 1. The van der Waals surface area contributed by atoms with Gasteiger partial charge in [-0.1, -0.05) is 31.5 Å². The topological polar surface area (TPSA) is 74.6 Å². The molecule has 4 atom stereocenters. The highest BCUT2D eigenvalue weighted by atomic mass is 19.1. The normalized spacial score (nSPS) is 27.0. The summed E-state index contributed by atoms with van der Waals surface area (Å²) in [5.74, 6) is 1.37. The van der Waals surface area contributed by atoms with Crippen LogP contribution in [0.3, 0.4) is 0 Å². The Morgan fingerprint density at radius 1 is 1.09 bits per heavy atom. The molecule has 1 saturated carbocycles. The van der Waals surface area contributed by atoms with Crippen molar-refractivity contribution in [1.29, 1.82) is 0 Å². The largest absolute Gasteiger partial charge is 0.508 e. The molecule has 2 aromatic heterocycles. The minimum atomic E-state index is -0.864. The highest BCUT2D eigenvalue weighted by Crippen LogP contribution is 2.44. The molecule has 4 aromatic rings. The highest BCUT2D eigenvalue weighted by Gasteiger charge is 2.49. The molecular weight excluding hydrogens is 548 g/mol. The molecule has 3 aliphatic heterocycles. The molecule has 3 saturated heterocycles. The van der Waals surface area contributed by atoms with Crippen LogP contribution in [-0.4, -0.2) is 69.5 Å². The minimum Gasteiger partial charge on any atom is -0.508 e. The summed E-state index contributed by atoms with van der Waals surface area (Å²) in [4.78, 5) is 18.6. The summed E-state index contributed by atoms with van der Waals surface area (Å²) >= 11 is 0. The van der Waals surface area contributed by atoms with Crippen molar-refractivity contribution in [3.05, 3.63) is 47.9 Å². The molecule has 4 aliphatic rings. The predicted octanol–water partition coefficient (Wildman–Crippen LogP) is 6.44. The van der Waals surface area contributed by atoms with E-state index in [1.54, 1.807) is 18.3 Å².